The van der Waals surface area contributed by atoms with E-state index in [4.69, 9.17) is 15.0 Å². The van der Waals surface area contributed by atoms with Gasteiger partial charge in [0, 0.05) is 162 Å². The molecule has 0 radical (unpaired) electrons. The predicted molar refractivity (Wildman–Crippen MR) is 287 cm³/mol. The molecule has 16 nitrogen and oxygen atoms in total. The van der Waals surface area contributed by atoms with Crippen molar-refractivity contribution in [1.82, 2.24) is 44.0 Å². The molecule has 1 saturated carbocycles. The van der Waals surface area contributed by atoms with Gasteiger partial charge in [0.15, 0.2) is 11.6 Å². The molecule has 0 bridgehead atoms. The number of alkyl halides is 1. The molecule has 5 saturated heterocycles. The lowest BCUT2D eigenvalue weighted by molar-refractivity contribution is 0.0450. The molecule has 6 fully saturated rings. The highest BCUT2D eigenvalue weighted by molar-refractivity contribution is 7.81. The summed E-state index contributed by atoms with van der Waals surface area (Å²) in [6, 6.07) is 20.9. The maximum atomic E-state index is 13.5. The molecular formula is C51H66F2N15OPS. The molecular weight excluding hydrogens is 940 g/mol. The van der Waals surface area contributed by atoms with E-state index >= 15 is 0 Å². The Kier molecular flexibility index (Phi) is 14.8. The smallest absolute Gasteiger partial charge is 0.227 e. The van der Waals surface area contributed by atoms with E-state index in [-0.39, 0.29) is 10.8 Å². The summed E-state index contributed by atoms with van der Waals surface area (Å²) in [7, 11) is 4.36. The first-order valence-electron chi connectivity index (χ1n) is 24.8. The predicted octanol–water partition coefficient (Wildman–Crippen LogP) is 7.31. The van der Waals surface area contributed by atoms with Crippen LogP contribution >= 0.6 is 9.55 Å². The van der Waals surface area contributed by atoms with Crippen molar-refractivity contribution in [3.8, 4) is 0 Å². The summed E-state index contributed by atoms with van der Waals surface area (Å²) in [5.74, 6) is 2.93. The second-order valence-corrected chi connectivity index (χ2v) is 21.7. The Bertz CT molecular complexity index is 2790. The molecule has 2 spiro atoms. The Balaban J connectivity index is 0.000000159. The molecule has 2 N–H and O–H groups in total. The van der Waals surface area contributed by atoms with Crippen LogP contribution in [0.15, 0.2) is 85.5 Å². The van der Waals surface area contributed by atoms with E-state index in [1.54, 1.807) is 6.26 Å². The van der Waals surface area contributed by atoms with Crippen LogP contribution in [-0.4, -0.2) is 166 Å². The van der Waals surface area contributed by atoms with Gasteiger partial charge in [-0.15, -0.1) is 0 Å². The largest absolute Gasteiger partial charge is 0.369 e. The van der Waals surface area contributed by atoms with Crippen molar-refractivity contribution < 1.29 is 12.8 Å². The summed E-state index contributed by atoms with van der Waals surface area (Å²) >= 11 is 0. The highest BCUT2D eigenvalue weighted by Gasteiger charge is 2.49. The summed E-state index contributed by atoms with van der Waals surface area (Å²) in [5.41, 5.74) is 6.46. The molecule has 12 rings (SSSR count). The fourth-order valence-electron chi connectivity index (χ4n) is 11.3. The fourth-order valence-corrected chi connectivity index (χ4v) is 12.1. The normalized spacial score (nSPS) is 24.2. The van der Waals surface area contributed by atoms with E-state index in [2.05, 4.69) is 122 Å². The minimum absolute atomic E-state index is 0.128. The van der Waals surface area contributed by atoms with Gasteiger partial charge in [0.05, 0.1) is 20.5 Å². The molecule has 376 valence electrons. The number of aromatic nitrogens is 6. The van der Waals surface area contributed by atoms with Gasteiger partial charge in [-0.2, -0.15) is 0 Å². The van der Waals surface area contributed by atoms with Gasteiger partial charge in [0.2, 0.25) is 11.9 Å². The Morgan fingerprint density at radius 1 is 0.563 bits per heavy atom. The molecule has 0 amide bonds. The highest BCUT2D eigenvalue weighted by atomic mass is 32.2. The first kappa shape index (κ1) is 49.1. The zero-order valence-electron chi connectivity index (χ0n) is 41.1. The van der Waals surface area contributed by atoms with Gasteiger partial charge < -0.3 is 40.0 Å². The second-order valence-electron chi connectivity index (χ2n) is 20.3. The molecule has 6 aliphatic rings. The first-order valence-corrected chi connectivity index (χ1v) is 26.8. The van der Waals surface area contributed by atoms with E-state index in [0.717, 1.165) is 165 Å². The monoisotopic (exact) mass is 1010 g/mol. The standard InChI is InChI=1S/C26H34N8OS.C25H30FN7.FH2P/c1-31-13-15-32(16-14-31)22-5-3-21(4-6-22)29-25-28-17-20-7-10-27-24(23(20)30-25)33-11-8-26(18-33)9-12-34(19-26)36(2)35;1-31-10-12-32(13-11-31)21-4-2-20(3-5-21)29-24-28-16-18-6-8-27-23(22(18)30-24)33-9-7-25(17-33)14-19(26)15-25;1-2/h3-7,10,17H,8-9,11-16,18-19H2,1-2H3,(H,28,29,30);2-6,8,16,19H,7,9-15,17H2,1H3,(H,28,29,30);2H2. The van der Waals surface area contributed by atoms with Gasteiger partial charge in [0.25, 0.3) is 0 Å². The number of hydrogen-bond donors (Lipinski definition) is 2. The third-order valence-electron chi connectivity index (χ3n) is 15.5. The van der Waals surface area contributed by atoms with Gasteiger partial charge in [-0.05, 0) is 112 Å². The average molecular weight is 1010 g/mol. The average Bonchev–Trinajstić information content (AvgIpc) is 4.15. The van der Waals surface area contributed by atoms with Gasteiger partial charge in [-0.25, -0.2) is 47.0 Å². The molecule has 9 heterocycles. The van der Waals surface area contributed by atoms with Crippen molar-refractivity contribution in [3.05, 3.63) is 85.5 Å². The van der Waals surface area contributed by atoms with Crippen molar-refractivity contribution in [2.75, 3.05) is 142 Å². The highest BCUT2D eigenvalue weighted by Crippen LogP contribution is 2.50. The number of hydrogen-bond acceptors (Lipinski definition) is 15. The van der Waals surface area contributed by atoms with E-state index in [1.165, 1.54) is 11.4 Å². The van der Waals surface area contributed by atoms with E-state index in [9.17, 15) is 12.8 Å². The van der Waals surface area contributed by atoms with E-state index in [0.29, 0.717) is 24.7 Å². The number of pyridine rings is 2. The summed E-state index contributed by atoms with van der Waals surface area (Å²) in [6.07, 6.45) is 13.1. The number of nitrogens with zero attached hydrogens (tertiary/aromatic N) is 13. The number of halogens is 2. The molecule has 71 heavy (non-hydrogen) atoms. The topological polar surface area (TPSA) is 141 Å². The van der Waals surface area contributed by atoms with Crippen molar-refractivity contribution in [2.24, 2.45) is 10.8 Å². The Morgan fingerprint density at radius 3 is 1.44 bits per heavy atom. The first-order chi connectivity index (χ1) is 34.5. The van der Waals surface area contributed by atoms with Gasteiger partial charge in [0.1, 0.15) is 17.2 Å². The van der Waals surface area contributed by atoms with Crippen molar-refractivity contribution in [2.45, 2.75) is 38.3 Å². The molecule has 3 atom stereocenters. The van der Waals surface area contributed by atoms with Gasteiger partial charge >= 0.3 is 0 Å². The summed E-state index contributed by atoms with van der Waals surface area (Å²) in [6.45, 7) is 14.0. The van der Waals surface area contributed by atoms with Crippen LogP contribution < -0.4 is 30.2 Å². The molecule has 2 aromatic carbocycles. The van der Waals surface area contributed by atoms with Gasteiger partial charge in [-0.1, -0.05) is 0 Å². The number of anilines is 8. The lowest BCUT2D eigenvalue weighted by Gasteiger charge is -2.41. The minimum Gasteiger partial charge on any atom is -0.369 e. The molecule has 6 aromatic rings. The molecule has 5 aliphatic heterocycles. The number of benzene rings is 2. The second kappa shape index (κ2) is 21.3. The number of piperazine rings is 2. The number of fused-ring (bicyclic) bond motifs is 2. The molecule has 4 aromatic heterocycles. The minimum atomic E-state index is -0.903. The van der Waals surface area contributed by atoms with Crippen LogP contribution in [0.4, 0.5) is 54.9 Å². The maximum Gasteiger partial charge on any atom is 0.227 e. The lowest BCUT2D eigenvalue weighted by Crippen LogP contribution is -2.44. The van der Waals surface area contributed by atoms with E-state index < -0.39 is 17.2 Å². The number of rotatable bonds is 9. The zero-order chi connectivity index (χ0) is 49.1. The van der Waals surface area contributed by atoms with Crippen molar-refractivity contribution >= 4 is 88.6 Å². The van der Waals surface area contributed by atoms with Crippen LogP contribution in [0.3, 0.4) is 0 Å². The van der Waals surface area contributed by atoms with Crippen molar-refractivity contribution in [3.63, 3.8) is 0 Å². The number of nitrogens with one attached hydrogen (secondary N) is 2. The molecule has 1 aliphatic carbocycles. The SMILES string of the molecule is CN1CCN(c2ccc(Nc3ncc4ccnc(N5CCC6(CC(F)C6)C5)c4n3)cc2)CC1.CN1CCN(c2ccc(Nc3ncc4ccnc(N5CCC6(CCN(S(C)=O)C6)C5)c4n3)cc2)CC1.FP. The maximum absolute atomic E-state index is 13.5. The van der Waals surface area contributed by atoms with E-state index in [1.807, 2.05) is 36.9 Å². The fraction of sp³-hybridized carbons (Fsp3) is 0.490. The summed E-state index contributed by atoms with van der Waals surface area (Å²) in [5, 5.41) is 8.69. The number of likely N-dealkylation sites (N-methyl/N-ethyl adjacent to an activating group) is 2. The third kappa shape index (κ3) is 11.0. The van der Waals surface area contributed by atoms with Crippen LogP contribution in [0.5, 0.6) is 0 Å². The van der Waals surface area contributed by atoms with Crippen LogP contribution in [-0.2, 0) is 11.0 Å². The summed E-state index contributed by atoms with van der Waals surface area (Å²) in [4.78, 5) is 42.4. The molecule has 3 unspecified atom stereocenters. The molecule has 20 heteroatoms. The Hall–Kier alpha value is -5.46. The van der Waals surface area contributed by atoms with Crippen LogP contribution in [0, 0.1) is 10.8 Å². The van der Waals surface area contributed by atoms with Crippen LogP contribution in [0.25, 0.3) is 21.8 Å². The quantitative estimate of drug-likeness (QED) is 0.140. The Labute approximate surface area is 420 Å². The third-order valence-corrected chi connectivity index (χ3v) is 16.5. The van der Waals surface area contributed by atoms with Crippen molar-refractivity contribution in [1.29, 1.82) is 0 Å². The Morgan fingerprint density at radius 2 is 1.00 bits per heavy atom. The summed E-state index contributed by atoms with van der Waals surface area (Å²) < 4.78 is 37.0. The zero-order valence-corrected chi connectivity index (χ0v) is 43.0. The van der Waals surface area contributed by atoms with Gasteiger partial charge in [-0.3, -0.25) is 0 Å². The van der Waals surface area contributed by atoms with Crippen LogP contribution in [0.2, 0.25) is 0 Å². The van der Waals surface area contributed by atoms with Crippen LogP contribution in [0.1, 0.15) is 32.1 Å². The lowest BCUT2D eigenvalue weighted by atomic mass is 9.67.